The molecule has 0 aliphatic carbocycles. The van der Waals surface area contributed by atoms with Gasteiger partial charge in [0.2, 0.25) is 5.88 Å². The predicted molar refractivity (Wildman–Crippen MR) is 75.6 cm³/mol. The zero-order valence-electron chi connectivity index (χ0n) is 8.45. The fourth-order valence-electron chi connectivity index (χ4n) is 1.18. The van der Waals surface area contributed by atoms with Crippen molar-refractivity contribution in [1.29, 1.82) is 0 Å². The molecule has 0 fully saturated rings. The van der Waals surface area contributed by atoms with Crippen LogP contribution in [0.5, 0.6) is 11.6 Å². The van der Waals surface area contributed by atoms with Crippen molar-refractivity contribution >= 4 is 49.1 Å². The third kappa shape index (κ3) is 3.12. The van der Waals surface area contributed by atoms with Crippen molar-refractivity contribution in [2.75, 3.05) is 5.73 Å². The van der Waals surface area contributed by atoms with Gasteiger partial charge in [-0.1, -0.05) is 11.6 Å². The van der Waals surface area contributed by atoms with E-state index in [4.69, 9.17) is 22.1 Å². The Morgan fingerprint density at radius 3 is 2.71 bits per heavy atom. The Hall–Kier alpha value is -0.780. The van der Waals surface area contributed by atoms with E-state index in [1.54, 1.807) is 30.5 Å². The third-order valence-corrected chi connectivity index (χ3v) is 3.30. The summed E-state index contributed by atoms with van der Waals surface area (Å²) in [6.45, 7) is 0. The van der Waals surface area contributed by atoms with Gasteiger partial charge in [-0.15, -0.1) is 0 Å². The summed E-state index contributed by atoms with van der Waals surface area (Å²) in [4.78, 5) is 4.08. The maximum atomic E-state index is 6.01. The molecule has 88 valence electrons. The predicted octanol–water partition coefficient (Wildman–Crippen LogP) is 4.63. The lowest BCUT2D eigenvalue weighted by Crippen LogP contribution is -1.92. The first-order valence-corrected chi connectivity index (χ1v) is 6.56. The highest BCUT2D eigenvalue weighted by atomic mass is 79.9. The van der Waals surface area contributed by atoms with E-state index in [0.29, 0.717) is 22.3 Å². The molecule has 0 radical (unpaired) electrons. The molecule has 3 nitrogen and oxygen atoms in total. The zero-order chi connectivity index (χ0) is 12.4. The molecule has 6 heteroatoms. The molecular weight excluding hydrogens is 371 g/mol. The highest BCUT2D eigenvalue weighted by molar-refractivity contribution is 9.10. The van der Waals surface area contributed by atoms with Gasteiger partial charge in [0, 0.05) is 22.4 Å². The van der Waals surface area contributed by atoms with E-state index in [9.17, 15) is 0 Å². The van der Waals surface area contributed by atoms with Crippen molar-refractivity contribution in [2.45, 2.75) is 0 Å². The Labute approximate surface area is 120 Å². The van der Waals surface area contributed by atoms with E-state index in [2.05, 4.69) is 36.8 Å². The number of anilines is 1. The molecule has 0 atom stereocenters. The topological polar surface area (TPSA) is 48.1 Å². The lowest BCUT2D eigenvalue weighted by atomic mass is 10.3. The van der Waals surface area contributed by atoms with Crippen molar-refractivity contribution in [1.82, 2.24) is 4.98 Å². The highest BCUT2D eigenvalue weighted by Crippen LogP contribution is 2.34. The Morgan fingerprint density at radius 2 is 2.00 bits per heavy atom. The van der Waals surface area contributed by atoms with Gasteiger partial charge in [0.15, 0.2) is 0 Å². The zero-order valence-corrected chi connectivity index (χ0v) is 12.4. The second kappa shape index (κ2) is 5.25. The van der Waals surface area contributed by atoms with Gasteiger partial charge in [-0.25, -0.2) is 4.98 Å². The maximum Gasteiger partial charge on any atom is 0.238 e. The van der Waals surface area contributed by atoms with Crippen molar-refractivity contribution in [3.05, 3.63) is 44.4 Å². The monoisotopic (exact) mass is 376 g/mol. The number of nitrogen functional groups attached to an aromatic ring is 1. The normalized spacial score (nSPS) is 10.3. The number of pyridine rings is 1. The lowest BCUT2D eigenvalue weighted by Gasteiger charge is -2.08. The molecule has 2 rings (SSSR count). The molecule has 2 aromatic rings. The van der Waals surface area contributed by atoms with Gasteiger partial charge in [0.05, 0.1) is 4.47 Å². The second-order valence-electron chi connectivity index (χ2n) is 3.23. The molecule has 0 aliphatic heterocycles. The van der Waals surface area contributed by atoms with E-state index in [1.165, 1.54) is 0 Å². The van der Waals surface area contributed by atoms with Gasteiger partial charge in [-0.3, -0.25) is 0 Å². The molecule has 0 amide bonds. The molecule has 0 unspecified atom stereocenters. The summed E-state index contributed by atoms with van der Waals surface area (Å²) in [6.07, 6.45) is 1.61. The Bertz CT molecular complexity index is 563. The van der Waals surface area contributed by atoms with Crippen LogP contribution in [-0.2, 0) is 0 Å². The van der Waals surface area contributed by atoms with Gasteiger partial charge >= 0.3 is 0 Å². The number of aromatic nitrogens is 1. The Kier molecular flexibility index (Phi) is 3.91. The summed E-state index contributed by atoms with van der Waals surface area (Å²) in [5.74, 6) is 0.905. The molecule has 0 saturated carbocycles. The van der Waals surface area contributed by atoms with Crippen LogP contribution in [0.1, 0.15) is 0 Å². The number of halogens is 3. The largest absolute Gasteiger partial charge is 0.436 e. The average Bonchev–Trinajstić information content (AvgIpc) is 2.27. The van der Waals surface area contributed by atoms with Crippen LogP contribution in [-0.4, -0.2) is 4.98 Å². The number of nitrogens with zero attached hydrogens (tertiary/aromatic N) is 1. The van der Waals surface area contributed by atoms with Crippen LogP contribution in [0.25, 0.3) is 0 Å². The quantitative estimate of drug-likeness (QED) is 0.775. The molecule has 0 bridgehead atoms. The van der Waals surface area contributed by atoms with Gasteiger partial charge in [0.1, 0.15) is 10.8 Å². The van der Waals surface area contributed by atoms with Crippen LogP contribution >= 0.6 is 43.5 Å². The van der Waals surface area contributed by atoms with Crippen LogP contribution in [0.15, 0.2) is 39.4 Å². The fraction of sp³-hybridized carbons (Fsp3) is 0. The standard InChI is InChI=1S/C11H7Br2ClN2O/c12-6-3-9(14)11(16-5-6)17-10-4-7(15)1-2-8(10)13/h1-5H,15H2. The SMILES string of the molecule is Nc1ccc(Br)c(Oc2ncc(Br)cc2Cl)c1. The van der Waals surface area contributed by atoms with Gasteiger partial charge in [-0.05, 0) is 50.1 Å². The Morgan fingerprint density at radius 1 is 1.24 bits per heavy atom. The van der Waals surface area contributed by atoms with Crippen LogP contribution < -0.4 is 10.5 Å². The molecule has 0 aliphatic rings. The number of ether oxygens (including phenoxy) is 1. The van der Waals surface area contributed by atoms with Crippen LogP contribution in [0.2, 0.25) is 5.02 Å². The summed E-state index contributed by atoms with van der Waals surface area (Å²) in [6, 6.07) is 6.99. The number of rotatable bonds is 2. The Balaban J connectivity index is 2.34. The van der Waals surface area contributed by atoms with Crippen molar-refractivity contribution in [3.8, 4) is 11.6 Å². The minimum Gasteiger partial charge on any atom is -0.436 e. The summed E-state index contributed by atoms with van der Waals surface area (Å²) >= 11 is 12.6. The first-order valence-electron chi connectivity index (χ1n) is 4.60. The molecule has 0 spiro atoms. The summed E-state index contributed by atoms with van der Waals surface area (Å²) in [5, 5.41) is 0.425. The fourth-order valence-corrected chi connectivity index (χ4v) is 2.18. The smallest absolute Gasteiger partial charge is 0.238 e. The molecule has 17 heavy (non-hydrogen) atoms. The average molecular weight is 378 g/mol. The lowest BCUT2D eigenvalue weighted by molar-refractivity contribution is 0.460. The molecule has 1 aromatic heterocycles. The third-order valence-electron chi connectivity index (χ3n) is 1.94. The number of nitrogens with two attached hydrogens (primary N) is 1. The molecule has 1 aromatic carbocycles. The molecular formula is C11H7Br2ClN2O. The van der Waals surface area contributed by atoms with E-state index in [1.807, 2.05) is 0 Å². The number of hydrogen-bond donors (Lipinski definition) is 1. The number of hydrogen-bond acceptors (Lipinski definition) is 3. The van der Waals surface area contributed by atoms with Gasteiger partial charge < -0.3 is 10.5 Å². The van der Waals surface area contributed by atoms with Gasteiger partial charge in [0.25, 0.3) is 0 Å². The van der Waals surface area contributed by atoms with Crippen molar-refractivity contribution in [2.24, 2.45) is 0 Å². The van der Waals surface area contributed by atoms with Gasteiger partial charge in [-0.2, -0.15) is 0 Å². The molecule has 0 saturated heterocycles. The van der Waals surface area contributed by atoms with Crippen molar-refractivity contribution < 1.29 is 4.74 Å². The molecule has 1 heterocycles. The summed E-state index contributed by atoms with van der Waals surface area (Å²) < 4.78 is 7.16. The van der Waals surface area contributed by atoms with Crippen molar-refractivity contribution in [3.63, 3.8) is 0 Å². The van der Waals surface area contributed by atoms with Crippen LogP contribution in [0, 0.1) is 0 Å². The molecule has 2 N–H and O–H groups in total. The van der Waals surface area contributed by atoms with E-state index >= 15 is 0 Å². The summed E-state index contributed by atoms with van der Waals surface area (Å²) in [7, 11) is 0. The maximum absolute atomic E-state index is 6.01. The van der Waals surface area contributed by atoms with E-state index < -0.39 is 0 Å². The van der Waals surface area contributed by atoms with Crippen LogP contribution in [0.4, 0.5) is 5.69 Å². The minimum atomic E-state index is 0.334. The van der Waals surface area contributed by atoms with E-state index in [-0.39, 0.29) is 0 Å². The van der Waals surface area contributed by atoms with Crippen LogP contribution in [0.3, 0.4) is 0 Å². The highest BCUT2D eigenvalue weighted by Gasteiger charge is 2.08. The first-order chi connectivity index (χ1) is 8.06. The second-order valence-corrected chi connectivity index (χ2v) is 5.41. The summed E-state index contributed by atoms with van der Waals surface area (Å²) in [5.41, 5.74) is 6.29. The number of benzene rings is 1. The first kappa shape index (κ1) is 12.7. The minimum absolute atomic E-state index is 0.334. The van der Waals surface area contributed by atoms with E-state index in [0.717, 1.165) is 8.95 Å².